The smallest absolute Gasteiger partial charge is 0.257 e. The Kier molecular flexibility index (Phi) is 5.21. The molecule has 3 heterocycles. The van der Waals surface area contributed by atoms with Crippen LogP contribution in [0.25, 0.3) is 10.9 Å². The first-order chi connectivity index (χ1) is 13.7. The normalized spacial score (nSPS) is 15.1. The lowest BCUT2D eigenvalue weighted by atomic mass is 9.92. The summed E-state index contributed by atoms with van der Waals surface area (Å²) in [6, 6.07) is 13.1. The maximum Gasteiger partial charge on any atom is 0.257 e. The van der Waals surface area contributed by atoms with Gasteiger partial charge in [-0.25, -0.2) is 0 Å². The van der Waals surface area contributed by atoms with Gasteiger partial charge in [-0.1, -0.05) is 12.1 Å². The Hall–Kier alpha value is -2.99. The van der Waals surface area contributed by atoms with Gasteiger partial charge in [-0.3, -0.25) is 14.6 Å². The molecule has 1 aliphatic rings. The van der Waals surface area contributed by atoms with E-state index in [0.29, 0.717) is 30.6 Å². The number of amides is 1. The van der Waals surface area contributed by atoms with Gasteiger partial charge in [0, 0.05) is 43.6 Å². The van der Waals surface area contributed by atoms with Crippen molar-refractivity contribution in [3.63, 3.8) is 0 Å². The maximum absolute atomic E-state index is 12.8. The molecule has 0 atom stereocenters. The van der Waals surface area contributed by atoms with Crippen LogP contribution in [-0.4, -0.2) is 41.0 Å². The number of hydrogen-bond acceptors (Lipinski definition) is 4. The van der Waals surface area contributed by atoms with Crippen molar-refractivity contribution in [1.29, 1.82) is 0 Å². The van der Waals surface area contributed by atoms with Crippen molar-refractivity contribution in [2.24, 2.45) is 0 Å². The van der Waals surface area contributed by atoms with Crippen molar-refractivity contribution in [2.45, 2.75) is 25.4 Å². The summed E-state index contributed by atoms with van der Waals surface area (Å²) in [7, 11) is 1.65. The first-order valence-electron chi connectivity index (χ1n) is 9.51. The molecule has 2 aromatic heterocycles. The number of nitrogens with zero attached hydrogens (tertiary/aromatic N) is 2. The quantitative estimate of drug-likeness (QED) is 0.758. The van der Waals surface area contributed by atoms with E-state index in [9.17, 15) is 9.59 Å². The summed E-state index contributed by atoms with van der Waals surface area (Å²) >= 11 is 0. The van der Waals surface area contributed by atoms with Crippen LogP contribution in [0.1, 0.15) is 40.4 Å². The molecule has 28 heavy (non-hydrogen) atoms. The molecule has 3 aromatic rings. The molecule has 0 unspecified atom stereocenters. The Bertz CT molecular complexity index is 1030. The number of nitrogens with one attached hydrogen (secondary N) is 1. The lowest BCUT2D eigenvalue weighted by Gasteiger charge is -2.32. The number of rotatable bonds is 4. The van der Waals surface area contributed by atoms with Gasteiger partial charge in [-0.2, -0.15) is 0 Å². The molecular formula is C22H23N3O3. The fourth-order valence-corrected chi connectivity index (χ4v) is 3.81. The minimum absolute atomic E-state index is 0.0519. The number of likely N-dealkylation sites (tertiary alicyclic amines) is 1. The Balaban J connectivity index is 1.44. The number of methoxy groups -OCH3 is 1. The van der Waals surface area contributed by atoms with Crippen LogP contribution >= 0.6 is 0 Å². The largest absolute Gasteiger partial charge is 0.380 e. The highest BCUT2D eigenvalue weighted by Gasteiger charge is 2.25. The zero-order chi connectivity index (χ0) is 19.5. The first-order valence-corrected chi connectivity index (χ1v) is 9.51. The zero-order valence-corrected chi connectivity index (χ0v) is 15.9. The average molecular weight is 377 g/mol. The molecule has 0 spiro atoms. The van der Waals surface area contributed by atoms with E-state index in [1.165, 1.54) is 0 Å². The SMILES string of the molecule is COCc1ccc(C(=O)N2CCC(c3cc4ncccc4c(=O)[nH]3)CC2)cc1. The summed E-state index contributed by atoms with van der Waals surface area (Å²) in [5.41, 5.74) is 3.27. The van der Waals surface area contributed by atoms with E-state index in [2.05, 4.69) is 9.97 Å². The van der Waals surface area contributed by atoms with Crippen LogP contribution in [-0.2, 0) is 11.3 Å². The Morgan fingerprint density at radius 3 is 2.68 bits per heavy atom. The molecule has 6 nitrogen and oxygen atoms in total. The maximum atomic E-state index is 12.8. The number of piperidine rings is 1. The molecule has 1 amide bonds. The highest BCUT2D eigenvalue weighted by Crippen LogP contribution is 2.28. The molecule has 0 saturated carbocycles. The van der Waals surface area contributed by atoms with Gasteiger partial charge >= 0.3 is 0 Å². The molecule has 0 aliphatic carbocycles. The van der Waals surface area contributed by atoms with E-state index >= 15 is 0 Å². The van der Waals surface area contributed by atoms with Crippen molar-refractivity contribution >= 4 is 16.8 Å². The van der Waals surface area contributed by atoms with E-state index < -0.39 is 0 Å². The third kappa shape index (κ3) is 3.68. The van der Waals surface area contributed by atoms with Crippen LogP contribution in [0.3, 0.4) is 0 Å². The molecule has 0 radical (unpaired) electrons. The summed E-state index contributed by atoms with van der Waals surface area (Å²) in [4.78, 5) is 34.3. The fourth-order valence-electron chi connectivity index (χ4n) is 3.81. The van der Waals surface area contributed by atoms with Gasteiger partial charge in [0.05, 0.1) is 17.5 Å². The van der Waals surface area contributed by atoms with E-state index in [0.717, 1.165) is 29.6 Å². The standard InChI is InChI=1S/C22H23N3O3/c1-28-14-15-4-6-17(7-5-15)22(27)25-11-8-16(9-12-25)19-13-20-18(21(26)24-19)3-2-10-23-20/h2-7,10,13,16H,8-9,11-12,14H2,1H3,(H,24,26). The van der Waals surface area contributed by atoms with Gasteiger partial charge in [0.25, 0.3) is 11.5 Å². The molecule has 1 saturated heterocycles. The monoisotopic (exact) mass is 377 g/mol. The van der Waals surface area contributed by atoms with Crippen molar-refractivity contribution in [1.82, 2.24) is 14.9 Å². The van der Waals surface area contributed by atoms with Gasteiger partial charge in [-0.15, -0.1) is 0 Å². The number of aromatic nitrogens is 2. The molecule has 0 bridgehead atoms. The van der Waals surface area contributed by atoms with Crippen molar-refractivity contribution in [2.75, 3.05) is 20.2 Å². The molecule has 1 aliphatic heterocycles. The van der Waals surface area contributed by atoms with Crippen LogP contribution in [0.4, 0.5) is 0 Å². The van der Waals surface area contributed by atoms with E-state index in [4.69, 9.17) is 4.74 Å². The summed E-state index contributed by atoms with van der Waals surface area (Å²) in [5, 5.41) is 0.607. The molecule has 1 aromatic carbocycles. The van der Waals surface area contributed by atoms with Crippen LogP contribution in [0.2, 0.25) is 0 Å². The van der Waals surface area contributed by atoms with Gasteiger partial charge in [-0.05, 0) is 48.7 Å². The number of ether oxygens (including phenoxy) is 1. The van der Waals surface area contributed by atoms with Gasteiger partial charge in [0.2, 0.25) is 0 Å². The van der Waals surface area contributed by atoms with Crippen molar-refractivity contribution in [3.05, 3.63) is 75.8 Å². The Morgan fingerprint density at radius 1 is 1.21 bits per heavy atom. The number of benzene rings is 1. The molecule has 1 N–H and O–H groups in total. The first kappa shape index (κ1) is 18.4. The van der Waals surface area contributed by atoms with Crippen LogP contribution in [0.15, 0.2) is 53.5 Å². The number of carbonyl (C=O) groups is 1. The summed E-state index contributed by atoms with van der Waals surface area (Å²) in [5.74, 6) is 0.281. The number of pyridine rings is 2. The van der Waals surface area contributed by atoms with E-state index in [1.807, 2.05) is 35.2 Å². The van der Waals surface area contributed by atoms with E-state index in [-0.39, 0.29) is 17.4 Å². The number of H-pyrrole nitrogens is 1. The summed E-state index contributed by atoms with van der Waals surface area (Å²) < 4.78 is 5.11. The highest BCUT2D eigenvalue weighted by molar-refractivity contribution is 5.94. The van der Waals surface area contributed by atoms with Crippen LogP contribution in [0.5, 0.6) is 0 Å². The second kappa shape index (κ2) is 7.94. The van der Waals surface area contributed by atoms with Crippen LogP contribution < -0.4 is 5.56 Å². The predicted molar refractivity (Wildman–Crippen MR) is 107 cm³/mol. The highest BCUT2D eigenvalue weighted by atomic mass is 16.5. The minimum atomic E-state index is -0.102. The molecular weight excluding hydrogens is 354 g/mol. The zero-order valence-electron chi connectivity index (χ0n) is 15.9. The number of carbonyl (C=O) groups excluding carboxylic acids is 1. The Labute approximate surface area is 163 Å². The average Bonchev–Trinajstić information content (AvgIpc) is 2.74. The lowest BCUT2D eigenvalue weighted by Crippen LogP contribution is -2.38. The van der Waals surface area contributed by atoms with Crippen LogP contribution in [0, 0.1) is 0 Å². The Morgan fingerprint density at radius 2 is 1.96 bits per heavy atom. The van der Waals surface area contributed by atoms with Crippen molar-refractivity contribution in [3.8, 4) is 0 Å². The molecule has 144 valence electrons. The van der Waals surface area contributed by atoms with E-state index in [1.54, 1.807) is 25.4 Å². The second-order valence-electron chi connectivity index (χ2n) is 7.19. The van der Waals surface area contributed by atoms with Gasteiger partial charge < -0.3 is 14.6 Å². The van der Waals surface area contributed by atoms with Gasteiger partial charge in [0.15, 0.2) is 0 Å². The lowest BCUT2D eigenvalue weighted by molar-refractivity contribution is 0.0712. The number of hydrogen-bond donors (Lipinski definition) is 1. The number of aromatic amines is 1. The van der Waals surface area contributed by atoms with Crippen molar-refractivity contribution < 1.29 is 9.53 Å². The summed E-state index contributed by atoms with van der Waals surface area (Å²) in [6.45, 7) is 1.88. The molecule has 6 heteroatoms. The minimum Gasteiger partial charge on any atom is -0.380 e. The third-order valence-corrected chi connectivity index (χ3v) is 5.37. The van der Waals surface area contributed by atoms with Gasteiger partial charge in [0.1, 0.15) is 0 Å². The predicted octanol–water partition coefficient (Wildman–Crippen LogP) is 3.09. The molecule has 1 fully saturated rings. The molecule has 4 rings (SSSR count). The number of fused-ring (bicyclic) bond motifs is 1. The fraction of sp³-hybridized carbons (Fsp3) is 0.318. The third-order valence-electron chi connectivity index (χ3n) is 5.37. The second-order valence-corrected chi connectivity index (χ2v) is 7.19. The summed E-state index contributed by atoms with van der Waals surface area (Å²) in [6.07, 6.45) is 3.34. The topological polar surface area (TPSA) is 75.3 Å².